The Balaban J connectivity index is 1.55. The van der Waals surface area contributed by atoms with Crippen LogP contribution in [0.4, 0.5) is 6.01 Å². The fourth-order valence-corrected chi connectivity index (χ4v) is 2.24. The number of hydrogen-bond acceptors (Lipinski definition) is 7. The minimum atomic E-state index is -0.225. The van der Waals surface area contributed by atoms with Crippen LogP contribution in [0.2, 0.25) is 0 Å². The van der Waals surface area contributed by atoms with Crippen molar-refractivity contribution in [3.05, 3.63) is 42.6 Å². The molecule has 0 aliphatic rings. The molecule has 0 atom stereocenters. The third-order valence-electron chi connectivity index (χ3n) is 2.43. The smallest absolute Gasteiger partial charge is 0.322 e. The summed E-state index contributed by atoms with van der Waals surface area (Å²) in [5.74, 6) is 0.543. The predicted octanol–water partition coefficient (Wildman–Crippen LogP) is 2.46. The standard InChI is InChI=1S/C13H10N4O3S/c18-11(8-21-9-4-2-1-3-5-9)15-13-17-16-12(19-13)10-6-7-14-20-10/h1-7H,8H2,(H,15,17,18). The van der Waals surface area contributed by atoms with Crippen molar-refractivity contribution in [2.75, 3.05) is 11.1 Å². The van der Waals surface area contributed by atoms with Gasteiger partial charge in [-0.2, -0.15) is 0 Å². The highest BCUT2D eigenvalue weighted by atomic mass is 32.2. The molecule has 0 saturated carbocycles. The molecular weight excluding hydrogens is 292 g/mol. The lowest BCUT2D eigenvalue weighted by molar-refractivity contribution is -0.113. The van der Waals surface area contributed by atoms with Crippen molar-refractivity contribution in [3.63, 3.8) is 0 Å². The molecule has 3 rings (SSSR count). The van der Waals surface area contributed by atoms with Crippen molar-refractivity contribution in [1.29, 1.82) is 0 Å². The topological polar surface area (TPSA) is 94.1 Å². The maximum atomic E-state index is 11.8. The summed E-state index contributed by atoms with van der Waals surface area (Å²) in [6.45, 7) is 0. The lowest BCUT2D eigenvalue weighted by atomic mass is 10.4. The summed E-state index contributed by atoms with van der Waals surface area (Å²) >= 11 is 1.42. The number of hydrogen-bond donors (Lipinski definition) is 1. The van der Waals surface area contributed by atoms with Crippen molar-refractivity contribution >= 4 is 23.7 Å². The van der Waals surface area contributed by atoms with Gasteiger partial charge in [-0.3, -0.25) is 10.1 Å². The van der Waals surface area contributed by atoms with E-state index in [0.29, 0.717) is 5.76 Å². The number of rotatable bonds is 5. The Morgan fingerprint density at radius 3 is 2.81 bits per heavy atom. The van der Waals surface area contributed by atoms with Crippen molar-refractivity contribution < 1.29 is 13.7 Å². The van der Waals surface area contributed by atoms with E-state index in [1.54, 1.807) is 6.07 Å². The molecule has 0 saturated heterocycles. The summed E-state index contributed by atoms with van der Waals surface area (Å²) in [6.07, 6.45) is 1.47. The van der Waals surface area contributed by atoms with Gasteiger partial charge in [-0.15, -0.1) is 16.9 Å². The average Bonchev–Trinajstić information content (AvgIpc) is 3.17. The number of carbonyl (C=O) groups is 1. The van der Waals surface area contributed by atoms with Crippen LogP contribution in [-0.2, 0) is 4.79 Å². The Kier molecular flexibility index (Phi) is 3.97. The van der Waals surface area contributed by atoms with Crippen LogP contribution < -0.4 is 5.32 Å². The van der Waals surface area contributed by atoms with Crippen LogP contribution in [-0.4, -0.2) is 27.0 Å². The maximum Gasteiger partial charge on any atom is 0.322 e. The quantitative estimate of drug-likeness (QED) is 0.723. The van der Waals surface area contributed by atoms with Gasteiger partial charge in [-0.25, -0.2) is 0 Å². The van der Waals surface area contributed by atoms with Crippen LogP contribution in [0.5, 0.6) is 0 Å². The van der Waals surface area contributed by atoms with Gasteiger partial charge in [0, 0.05) is 11.0 Å². The number of benzene rings is 1. The summed E-state index contributed by atoms with van der Waals surface area (Å²) in [6, 6.07) is 11.3. The van der Waals surface area contributed by atoms with E-state index in [1.807, 2.05) is 30.3 Å². The van der Waals surface area contributed by atoms with E-state index in [1.165, 1.54) is 18.0 Å². The zero-order valence-corrected chi connectivity index (χ0v) is 11.5. The molecule has 106 valence electrons. The first kappa shape index (κ1) is 13.4. The molecule has 0 aliphatic heterocycles. The normalized spacial score (nSPS) is 10.5. The van der Waals surface area contributed by atoms with Crippen molar-refractivity contribution in [3.8, 4) is 11.7 Å². The summed E-state index contributed by atoms with van der Waals surface area (Å²) in [5, 5.41) is 13.6. The second kappa shape index (κ2) is 6.23. The zero-order chi connectivity index (χ0) is 14.5. The van der Waals surface area contributed by atoms with Gasteiger partial charge in [0.2, 0.25) is 11.7 Å². The summed E-state index contributed by atoms with van der Waals surface area (Å²) < 4.78 is 10.1. The number of anilines is 1. The number of carbonyl (C=O) groups excluding carboxylic acids is 1. The van der Waals surface area contributed by atoms with Crippen molar-refractivity contribution in [2.24, 2.45) is 0 Å². The Morgan fingerprint density at radius 1 is 1.19 bits per heavy atom. The third kappa shape index (κ3) is 3.48. The molecule has 2 heterocycles. The van der Waals surface area contributed by atoms with E-state index in [9.17, 15) is 4.79 Å². The minimum absolute atomic E-state index is 0.0278. The second-order valence-electron chi connectivity index (χ2n) is 3.94. The molecule has 1 amide bonds. The molecule has 0 radical (unpaired) electrons. The zero-order valence-electron chi connectivity index (χ0n) is 10.7. The fourth-order valence-electron chi connectivity index (χ4n) is 1.52. The van der Waals surface area contributed by atoms with E-state index >= 15 is 0 Å². The molecule has 2 aromatic heterocycles. The number of amides is 1. The van der Waals surface area contributed by atoms with Gasteiger partial charge in [0.1, 0.15) is 0 Å². The predicted molar refractivity (Wildman–Crippen MR) is 75.6 cm³/mol. The number of aromatic nitrogens is 3. The molecule has 0 aliphatic carbocycles. The van der Waals surface area contributed by atoms with Gasteiger partial charge in [0.25, 0.3) is 5.89 Å². The number of nitrogens with zero attached hydrogens (tertiary/aromatic N) is 3. The van der Waals surface area contributed by atoms with Gasteiger partial charge >= 0.3 is 6.01 Å². The first-order valence-corrected chi connectivity index (χ1v) is 7.02. The van der Waals surface area contributed by atoms with Crippen LogP contribution in [0.1, 0.15) is 0 Å². The Labute approximate surface area is 123 Å². The lowest BCUT2D eigenvalue weighted by Crippen LogP contribution is -2.14. The SMILES string of the molecule is O=C(CSc1ccccc1)Nc1nnc(-c2ccno2)o1. The first-order chi connectivity index (χ1) is 10.3. The highest BCUT2D eigenvalue weighted by molar-refractivity contribution is 8.00. The Hall–Kier alpha value is -2.61. The van der Waals surface area contributed by atoms with E-state index in [-0.39, 0.29) is 23.6 Å². The van der Waals surface area contributed by atoms with Crippen molar-refractivity contribution in [1.82, 2.24) is 15.4 Å². The minimum Gasteiger partial charge on any atom is -0.400 e. The van der Waals surface area contributed by atoms with E-state index in [0.717, 1.165) is 4.90 Å². The summed E-state index contributed by atoms with van der Waals surface area (Å²) in [5.41, 5.74) is 0. The monoisotopic (exact) mass is 302 g/mol. The molecule has 7 nitrogen and oxygen atoms in total. The highest BCUT2D eigenvalue weighted by Crippen LogP contribution is 2.20. The maximum absolute atomic E-state index is 11.8. The molecule has 1 aromatic carbocycles. The third-order valence-corrected chi connectivity index (χ3v) is 3.45. The highest BCUT2D eigenvalue weighted by Gasteiger charge is 2.13. The van der Waals surface area contributed by atoms with Crippen molar-refractivity contribution in [2.45, 2.75) is 4.90 Å². The molecule has 0 spiro atoms. The molecule has 21 heavy (non-hydrogen) atoms. The van der Waals surface area contributed by atoms with Crippen LogP contribution >= 0.6 is 11.8 Å². The molecular formula is C13H10N4O3S. The Bertz CT molecular complexity index is 712. The summed E-state index contributed by atoms with van der Waals surface area (Å²) in [7, 11) is 0. The van der Waals surface area contributed by atoms with Gasteiger partial charge in [-0.05, 0) is 12.1 Å². The number of nitrogens with one attached hydrogen (secondary N) is 1. The van der Waals surface area contributed by atoms with E-state index < -0.39 is 0 Å². The van der Waals surface area contributed by atoms with Crippen LogP contribution in [0, 0.1) is 0 Å². The first-order valence-electron chi connectivity index (χ1n) is 6.03. The molecule has 8 heteroatoms. The molecule has 0 unspecified atom stereocenters. The number of thioether (sulfide) groups is 1. The van der Waals surface area contributed by atoms with Gasteiger partial charge in [0.15, 0.2) is 0 Å². The van der Waals surface area contributed by atoms with Gasteiger partial charge < -0.3 is 8.94 Å². The molecule has 1 N–H and O–H groups in total. The fraction of sp³-hybridized carbons (Fsp3) is 0.0769. The van der Waals surface area contributed by atoms with Gasteiger partial charge in [0.05, 0.1) is 11.9 Å². The van der Waals surface area contributed by atoms with E-state index in [4.69, 9.17) is 8.94 Å². The van der Waals surface area contributed by atoms with Crippen LogP contribution in [0.15, 0.2) is 56.4 Å². The van der Waals surface area contributed by atoms with Crippen LogP contribution in [0.3, 0.4) is 0 Å². The largest absolute Gasteiger partial charge is 0.400 e. The molecule has 0 fully saturated rings. The van der Waals surface area contributed by atoms with E-state index in [2.05, 4.69) is 20.7 Å². The van der Waals surface area contributed by atoms with Gasteiger partial charge in [-0.1, -0.05) is 28.5 Å². The Morgan fingerprint density at radius 2 is 2.05 bits per heavy atom. The van der Waals surface area contributed by atoms with Crippen LogP contribution in [0.25, 0.3) is 11.7 Å². The lowest BCUT2D eigenvalue weighted by Gasteiger charge is -2.00. The summed E-state index contributed by atoms with van der Waals surface area (Å²) in [4.78, 5) is 12.8. The molecule has 0 bridgehead atoms. The average molecular weight is 302 g/mol. The second-order valence-corrected chi connectivity index (χ2v) is 4.99. The molecule has 3 aromatic rings.